The van der Waals surface area contributed by atoms with E-state index >= 15 is 0 Å². The molecular formula is C20H25N3O3. The molecule has 0 aliphatic rings. The number of amides is 2. The fourth-order valence-corrected chi connectivity index (χ4v) is 2.28. The van der Waals surface area contributed by atoms with Gasteiger partial charge >= 0.3 is 0 Å². The Hall–Kier alpha value is -3.02. The van der Waals surface area contributed by atoms with Crippen molar-refractivity contribution >= 4 is 23.2 Å². The second-order valence-corrected chi connectivity index (χ2v) is 5.71. The van der Waals surface area contributed by atoms with Crippen LogP contribution in [0.1, 0.15) is 30.6 Å². The molecule has 138 valence electrons. The third-order valence-electron chi connectivity index (χ3n) is 3.53. The molecule has 0 aliphatic carbocycles. The molecule has 6 nitrogen and oxygen atoms in total. The monoisotopic (exact) mass is 355 g/mol. The first-order valence-electron chi connectivity index (χ1n) is 8.77. The zero-order valence-corrected chi connectivity index (χ0v) is 15.2. The molecule has 0 radical (unpaired) electrons. The molecular weight excluding hydrogens is 330 g/mol. The molecule has 0 fully saturated rings. The average molecular weight is 355 g/mol. The summed E-state index contributed by atoms with van der Waals surface area (Å²) in [5.41, 5.74) is 1.93. The number of nitrogens with one attached hydrogen (secondary N) is 3. The highest BCUT2D eigenvalue weighted by Gasteiger charge is 2.07. The van der Waals surface area contributed by atoms with Crippen molar-refractivity contribution in [3.05, 3.63) is 54.1 Å². The number of anilines is 2. The third-order valence-corrected chi connectivity index (χ3v) is 3.53. The van der Waals surface area contributed by atoms with Crippen molar-refractivity contribution in [3.8, 4) is 5.75 Å². The van der Waals surface area contributed by atoms with Gasteiger partial charge in [0.2, 0.25) is 5.91 Å². The zero-order chi connectivity index (χ0) is 18.8. The van der Waals surface area contributed by atoms with Gasteiger partial charge in [0.1, 0.15) is 5.75 Å². The van der Waals surface area contributed by atoms with Crippen LogP contribution < -0.4 is 20.7 Å². The summed E-state index contributed by atoms with van der Waals surface area (Å²) in [6.07, 6.45) is 0.960. The summed E-state index contributed by atoms with van der Waals surface area (Å²) >= 11 is 0. The molecule has 2 amide bonds. The van der Waals surface area contributed by atoms with E-state index in [0.717, 1.165) is 17.9 Å². The van der Waals surface area contributed by atoms with E-state index in [0.29, 0.717) is 24.4 Å². The quantitative estimate of drug-likeness (QED) is 0.645. The summed E-state index contributed by atoms with van der Waals surface area (Å²) in [7, 11) is 0. The number of benzene rings is 2. The highest BCUT2D eigenvalue weighted by Crippen LogP contribution is 2.16. The lowest BCUT2D eigenvalue weighted by atomic mass is 10.2. The molecule has 26 heavy (non-hydrogen) atoms. The summed E-state index contributed by atoms with van der Waals surface area (Å²) in [6, 6.07) is 14.3. The van der Waals surface area contributed by atoms with Crippen LogP contribution in [0.2, 0.25) is 0 Å². The summed E-state index contributed by atoms with van der Waals surface area (Å²) < 4.78 is 5.52. The Bertz CT molecular complexity index is 729. The van der Waals surface area contributed by atoms with E-state index in [2.05, 4.69) is 22.9 Å². The van der Waals surface area contributed by atoms with Gasteiger partial charge in [-0.3, -0.25) is 9.59 Å². The molecule has 0 saturated carbocycles. The zero-order valence-electron chi connectivity index (χ0n) is 15.2. The van der Waals surface area contributed by atoms with Crippen LogP contribution in [0.5, 0.6) is 5.75 Å². The second kappa shape index (κ2) is 10.1. The normalized spacial score (nSPS) is 10.1. The van der Waals surface area contributed by atoms with Crippen molar-refractivity contribution in [2.45, 2.75) is 20.3 Å². The van der Waals surface area contributed by atoms with Crippen molar-refractivity contribution in [1.82, 2.24) is 5.32 Å². The van der Waals surface area contributed by atoms with Crippen molar-refractivity contribution in [1.29, 1.82) is 0 Å². The summed E-state index contributed by atoms with van der Waals surface area (Å²) in [5, 5.41) is 8.57. The Morgan fingerprint density at radius 3 is 2.46 bits per heavy atom. The van der Waals surface area contributed by atoms with Crippen LogP contribution in [-0.2, 0) is 4.79 Å². The largest absolute Gasteiger partial charge is 0.494 e. The smallest absolute Gasteiger partial charge is 0.251 e. The maximum absolute atomic E-state index is 12.1. The molecule has 0 bridgehead atoms. The fourth-order valence-electron chi connectivity index (χ4n) is 2.28. The van der Waals surface area contributed by atoms with Crippen LogP contribution in [0.4, 0.5) is 11.4 Å². The van der Waals surface area contributed by atoms with Gasteiger partial charge in [0.05, 0.1) is 13.2 Å². The van der Waals surface area contributed by atoms with Crippen LogP contribution in [0, 0.1) is 0 Å². The standard InChI is InChI=1S/C20H25N3O3/c1-3-12-26-18-10-8-16(9-11-18)22-14-19(24)23-17-7-5-6-15(13-17)20(25)21-4-2/h5-11,13,22H,3-4,12,14H2,1-2H3,(H,21,25)(H,23,24). The number of rotatable bonds is 9. The van der Waals surface area contributed by atoms with Gasteiger partial charge < -0.3 is 20.7 Å². The average Bonchev–Trinajstić information content (AvgIpc) is 2.66. The lowest BCUT2D eigenvalue weighted by molar-refractivity contribution is -0.114. The van der Waals surface area contributed by atoms with Gasteiger partial charge in [0.15, 0.2) is 0 Å². The summed E-state index contributed by atoms with van der Waals surface area (Å²) in [5.74, 6) is 0.459. The first-order valence-corrected chi connectivity index (χ1v) is 8.77. The predicted molar refractivity (Wildman–Crippen MR) is 104 cm³/mol. The Kier molecular flexibility index (Phi) is 7.49. The molecule has 0 spiro atoms. The maximum atomic E-state index is 12.1. The number of carbonyl (C=O) groups is 2. The molecule has 3 N–H and O–H groups in total. The molecule has 2 rings (SSSR count). The van der Waals surface area contributed by atoms with Crippen LogP contribution in [-0.4, -0.2) is 31.5 Å². The minimum atomic E-state index is -0.190. The van der Waals surface area contributed by atoms with Crippen LogP contribution >= 0.6 is 0 Å². The van der Waals surface area contributed by atoms with Gasteiger partial charge in [-0.25, -0.2) is 0 Å². The van der Waals surface area contributed by atoms with Gasteiger partial charge in [-0.05, 0) is 55.8 Å². The van der Waals surface area contributed by atoms with E-state index in [1.54, 1.807) is 24.3 Å². The molecule has 6 heteroatoms. The Morgan fingerprint density at radius 1 is 1.00 bits per heavy atom. The van der Waals surface area contributed by atoms with E-state index in [-0.39, 0.29) is 18.4 Å². The lowest BCUT2D eigenvalue weighted by Gasteiger charge is -2.10. The van der Waals surface area contributed by atoms with Gasteiger partial charge in [-0.15, -0.1) is 0 Å². The molecule has 2 aromatic rings. The molecule has 0 atom stereocenters. The first-order chi connectivity index (χ1) is 12.6. The minimum absolute atomic E-state index is 0.126. The van der Waals surface area contributed by atoms with Crippen LogP contribution in [0.15, 0.2) is 48.5 Å². The first kappa shape index (κ1) is 19.3. The van der Waals surface area contributed by atoms with E-state index in [1.807, 2.05) is 31.2 Å². The molecule has 0 saturated heterocycles. The van der Waals surface area contributed by atoms with E-state index in [1.165, 1.54) is 0 Å². The lowest BCUT2D eigenvalue weighted by Crippen LogP contribution is -2.24. The fraction of sp³-hybridized carbons (Fsp3) is 0.300. The van der Waals surface area contributed by atoms with Crippen molar-refractivity contribution in [3.63, 3.8) is 0 Å². The van der Waals surface area contributed by atoms with Gasteiger partial charge in [-0.2, -0.15) is 0 Å². The van der Waals surface area contributed by atoms with E-state index in [9.17, 15) is 9.59 Å². The predicted octanol–water partition coefficient (Wildman–Crippen LogP) is 3.28. The van der Waals surface area contributed by atoms with Gasteiger partial charge in [0, 0.05) is 23.5 Å². The van der Waals surface area contributed by atoms with Crippen LogP contribution in [0.3, 0.4) is 0 Å². The Labute approximate surface area is 153 Å². The molecule has 0 aliphatic heterocycles. The van der Waals surface area contributed by atoms with Crippen molar-refractivity contribution in [2.24, 2.45) is 0 Å². The third kappa shape index (κ3) is 6.12. The Morgan fingerprint density at radius 2 is 1.77 bits per heavy atom. The maximum Gasteiger partial charge on any atom is 0.251 e. The summed E-state index contributed by atoms with van der Waals surface area (Å²) in [6.45, 7) is 5.28. The minimum Gasteiger partial charge on any atom is -0.494 e. The highest BCUT2D eigenvalue weighted by atomic mass is 16.5. The molecule has 0 aromatic heterocycles. The highest BCUT2D eigenvalue weighted by molar-refractivity contribution is 5.98. The molecule has 2 aromatic carbocycles. The topological polar surface area (TPSA) is 79.5 Å². The van der Waals surface area contributed by atoms with Crippen molar-refractivity contribution < 1.29 is 14.3 Å². The number of hydrogen-bond donors (Lipinski definition) is 3. The summed E-state index contributed by atoms with van der Waals surface area (Å²) in [4.78, 5) is 23.9. The van der Waals surface area contributed by atoms with E-state index < -0.39 is 0 Å². The Balaban J connectivity index is 1.85. The number of ether oxygens (including phenoxy) is 1. The SMILES string of the molecule is CCCOc1ccc(NCC(=O)Nc2cccc(C(=O)NCC)c2)cc1. The number of carbonyl (C=O) groups excluding carboxylic acids is 2. The second-order valence-electron chi connectivity index (χ2n) is 5.71. The van der Waals surface area contributed by atoms with Gasteiger partial charge in [0.25, 0.3) is 5.91 Å². The van der Waals surface area contributed by atoms with E-state index in [4.69, 9.17) is 4.74 Å². The van der Waals surface area contributed by atoms with Crippen molar-refractivity contribution in [2.75, 3.05) is 30.3 Å². The van der Waals surface area contributed by atoms with Crippen LogP contribution in [0.25, 0.3) is 0 Å². The molecule has 0 unspecified atom stereocenters. The van der Waals surface area contributed by atoms with Gasteiger partial charge in [-0.1, -0.05) is 13.0 Å². The molecule has 0 heterocycles. The number of hydrogen-bond acceptors (Lipinski definition) is 4.